The summed E-state index contributed by atoms with van der Waals surface area (Å²) in [7, 11) is 0. The maximum Gasteiger partial charge on any atom is 0.227 e. The molecule has 2 bridgehead atoms. The molecule has 4 atom stereocenters. The van der Waals surface area contributed by atoms with Gasteiger partial charge in [-0.1, -0.05) is 18.1 Å². The summed E-state index contributed by atoms with van der Waals surface area (Å²) in [5.41, 5.74) is -0.0545. The van der Waals surface area contributed by atoms with Gasteiger partial charge in [-0.15, -0.1) is 5.10 Å². The first kappa shape index (κ1) is 18.5. The smallest absolute Gasteiger partial charge is 0.227 e. The van der Waals surface area contributed by atoms with Gasteiger partial charge in [0.1, 0.15) is 11.3 Å². The largest absolute Gasteiger partial charge is 0.383 e. The van der Waals surface area contributed by atoms with Crippen LogP contribution in [0.5, 0.6) is 0 Å². The summed E-state index contributed by atoms with van der Waals surface area (Å²) in [4.78, 5) is 17.4. The van der Waals surface area contributed by atoms with Crippen LogP contribution in [0.15, 0.2) is 6.20 Å². The van der Waals surface area contributed by atoms with Crippen LogP contribution >= 0.6 is 0 Å². The third-order valence-corrected chi connectivity index (χ3v) is 7.36. The van der Waals surface area contributed by atoms with Gasteiger partial charge in [0.25, 0.3) is 0 Å². The summed E-state index contributed by atoms with van der Waals surface area (Å²) in [5.74, 6) is 0.920. The zero-order valence-electron chi connectivity index (χ0n) is 16.5. The average molecular weight is 390 g/mol. The lowest BCUT2D eigenvalue weighted by Crippen LogP contribution is -2.59. The summed E-state index contributed by atoms with van der Waals surface area (Å²) >= 11 is 0. The number of hydrogen-bond donors (Lipinski definition) is 1. The summed E-state index contributed by atoms with van der Waals surface area (Å²) in [6.45, 7) is 5.50. The quantitative estimate of drug-likeness (QED) is 0.812. The van der Waals surface area contributed by atoms with Crippen LogP contribution in [-0.2, 0) is 21.7 Å². The lowest BCUT2D eigenvalue weighted by atomic mass is 9.75. The maximum absolute atomic E-state index is 13.0. The van der Waals surface area contributed by atoms with Crippen LogP contribution in [0.3, 0.4) is 0 Å². The Bertz CT molecular complexity index is 710. The van der Waals surface area contributed by atoms with E-state index in [4.69, 9.17) is 4.74 Å². The van der Waals surface area contributed by atoms with Crippen molar-refractivity contribution in [1.29, 1.82) is 0 Å². The van der Waals surface area contributed by atoms with Crippen LogP contribution in [-0.4, -0.2) is 81.2 Å². The van der Waals surface area contributed by atoms with Crippen LogP contribution in [0.1, 0.15) is 44.2 Å². The standard InChI is InChI=1S/C20H31N5O3/c26-19(23-7-9-28-10-8-23)17-13-24-6-3-15(17)11-16(24)12-25-14-18(21-22-25)20(27)4-1-2-5-20/h14-17,27H,1-13H2/t15?,16-,17+/m1/s1. The van der Waals surface area contributed by atoms with Crippen molar-refractivity contribution >= 4 is 5.91 Å². The number of amides is 1. The Morgan fingerprint density at radius 1 is 1.25 bits per heavy atom. The van der Waals surface area contributed by atoms with E-state index in [0.717, 1.165) is 76.9 Å². The summed E-state index contributed by atoms with van der Waals surface area (Å²) in [5, 5.41) is 19.3. The Hall–Kier alpha value is -1.51. The first-order chi connectivity index (χ1) is 13.6. The molecule has 1 amide bonds. The average Bonchev–Trinajstić information content (AvgIpc) is 3.39. The second-order valence-corrected chi connectivity index (χ2v) is 9.04. The summed E-state index contributed by atoms with van der Waals surface area (Å²) < 4.78 is 7.29. The monoisotopic (exact) mass is 389 g/mol. The number of hydrogen-bond acceptors (Lipinski definition) is 6. The van der Waals surface area contributed by atoms with E-state index in [9.17, 15) is 9.90 Å². The number of morpholine rings is 1. The van der Waals surface area contributed by atoms with Crippen molar-refractivity contribution < 1.29 is 14.6 Å². The van der Waals surface area contributed by atoms with Gasteiger partial charge in [-0.05, 0) is 38.1 Å². The molecule has 8 heteroatoms. The minimum atomic E-state index is -0.778. The molecule has 0 radical (unpaired) electrons. The third-order valence-electron chi connectivity index (χ3n) is 7.36. The number of carbonyl (C=O) groups excluding carboxylic acids is 1. The number of nitrogens with zero attached hydrogens (tertiary/aromatic N) is 5. The fourth-order valence-electron chi connectivity index (χ4n) is 5.66. The molecular formula is C20H31N5O3. The molecule has 0 aromatic carbocycles. The predicted molar refractivity (Wildman–Crippen MR) is 101 cm³/mol. The topological polar surface area (TPSA) is 83.7 Å². The van der Waals surface area contributed by atoms with E-state index in [1.165, 1.54) is 0 Å². The van der Waals surface area contributed by atoms with Crippen molar-refractivity contribution in [2.24, 2.45) is 11.8 Å². The van der Waals surface area contributed by atoms with Gasteiger partial charge < -0.3 is 14.7 Å². The molecule has 4 saturated heterocycles. The van der Waals surface area contributed by atoms with Gasteiger partial charge in [0, 0.05) is 25.7 Å². The molecule has 1 aliphatic carbocycles. The first-order valence-corrected chi connectivity index (χ1v) is 10.9. The Labute approximate surface area is 165 Å². The number of aliphatic hydroxyl groups is 1. The normalized spacial score (nSPS) is 34.7. The molecule has 5 aliphatic rings. The third kappa shape index (κ3) is 3.35. The highest BCUT2D eigenvalue weighted by Gasteiger charge is 2.45. The van der Waals surface area contributed by atoms with Gasteiger partial charge in [-0.2, -0.15) is 0 Å². The Balaban J connectivity index is 1.22. The molecule has 1 N–H and O–H groups in total. The molecule has 5 heterocycles. The SMILES string of the molecule is O=C([C@H]1CN2CCC1C[C@@H]2Cn1cc(C2(O)CCCC2)nn1)N1CCOCC1. The molecule has 1 aromatic heterocycles. The number of rotatable bonds is 4. The molecule has 2 unspecified atom stereocenters. The second kappa shape index (κ2) is 7.39. The molecule has 1 aromatic rings. The molecule has 8 nitrogen and oxygen atoms in total. The fraction of sp³-hybridized carbons (Fsp3) is 0.850. The molecule has 4 aliphatic heterocycles. The van der Waals surface area contributed by atoms with Crippen molar-refractivity contribution in [3.63, 3.8) is 0 Å². The van der Waals surface area contributed by atoms with Gasteiger partial charge in [0.2, 0.25) is 5.91 Å². The minimum Gasteiger partial charge on any atom is -0.383 e. The highest BCUT2D eigenvalue weighted by atomic mass is 16.5. The molecule has 154 valence electrons. The molecule has 5 fully saturated rings. The summed E-state index contributed by atoms with van der Waals surface area (Å²) in [6.07, 6.45) is 7.77. The van der Waals surface area contributed by atoms with Crippen LogP contribution in [0.2, 0.25) is 0 Å². The van der Waals surface area contributed by atoms with Crippen molar-refractivity contribution in [2.45, 2.75) is 56.7 Å². The molecule has 0 spiro atoms. The van der Waals surface area contributed by atoms with E-state index in [1.807, 2.05) is 15.8 Å². The second-order valence-electron chi connectivity index (χ2n) is 9.04. The zero-order valence-corrected chi connectivity index (χ0v) is 16.5. The van der Waals surface area contributed by atoms with Crippen molar-refractivity contribution in [3.8, 4) is 0 Å². The zero-order chi connectivity index (χ0) is 19.1. The predicted octanol–water partition coefficient (Wildman–Crippen LogP) is 0.609. The number of aromatic nitrogens is 3. The molecular weight excluding hydrogens is 358 g/mol. The lowest BCUT2D eigenvalue weighted by molar-refractivity contribution is -0.148. The van der Waals surface area contributed by atoms with Crippen LogP contribution < -0.4 is 0 Å². The van der Waals surface area contributed by atoms with E-state index < -0.39 is 5.60 Å². The Morgan fingerprint density at radius 2 is 2.04 bits per heavy atom. The highest BCUT2D eigenvalue weighted by molar-refractivity contribution is 5.79. The van der Waals surface area contributed by atoms with Gasteiger partial charge in [-0.3, -0.25) is 14.4 Å². The number of piperidine rings is 3. The van der Waals surface area contributed by atoms with Gasteiger partial charge in [-0.25, -0.2) is 0 Å². The van der Waals surface area contributed by atoms with Crippen LogP contribution in [0.25, 0.3) is 0 Å². The van der Waals surface area contributed by atoms with Crippen LogP contribution in [0, 0.1) is 11.8 Å². The van der Waals surface area contributed by atoms with E-state index in [2.05, 4.69) is 15.2 Å². The van der Waals surface area contributed by atoms with Gasteiger partial charge in [0.05, 0.1) is 31.9 Å². The van der Waals surface area contributed by atoms with Gasteiger partial charge in [0.15, 0.2) is 0 Å². The van der Waals surface area contributed by atoms with E-state index in [1.54, 1.807) is 0 Å². The minimum absolute atomic E-state index is 0.133. The molecule has 6 rings (SSSR count). The van der Waals surface area contributed by atoms with Crippen molar-refractivity contribution in [2.75, 3.05) is 39.4 Å². The van der Waals surface area contributed by atoms with E-state index >= 15 is 0 Å². The van der Waals surface area contributed by atoms with Crippen molar-refractivity contribution in [1.82, 2.24) is 24.8 Å². The van der Waals surface area contributed by atoms with Crippen molar-refractivity contribution in [3.05, 3.63) is 11.9 Å². The highest BCUT2D eigenvalue weighted by Crippen LogP contribution is 2.39. The van der Waals surface area contributed by atoms with E-state index in [0.29, 0.717) is 31.1 Å². The number of fused-ring (bicyclic) bond motifs is 3. The lowest BCUT2D eigenvalue weighted by Gasteiger charge is -2.50. The van der Waals surface area contributed by atoms with E-state index in [-0.39, 0.29) is 5.92 Å². The molecule has 28 heavy (non-hydrogen) atoms. The van der Waals surface area contributed by atoms with Gasteiger partial charge >= 0.3 is 0 Å². The number of carbonyl (C=O) groups is 1. The maximum atomic E-state index is 13.0. The Morgan fingerprint density at radius 3 is 2.75 bits per heavy atom. The van der Waals surface area contributed by atoms with Crippen LogP contribution in [0.4, 0.5) is 0 Å². The molecule has 1 saturated carbocycles. The first-order valence-electron chi connectivity index (χ1n) is 10.9. The Kier molecular flexibility index (Phi) is 4.88. The number of ether oxygens (including phenoxy) is 1. The fourth-order valence-corrected chi connectivity index (χ4v) is 5.66. The summed E-state index contributed by atoms with van der Waals surface area (Å²) in [6, 6.07) is 0.403.